The minimum Gasteiger partial charge on any atom is -0.483 e. The van der Waals surface area contributed by atoms with Gasteiger partial charge in [-0.2, -0.15) is 4.98 Å². The first-order valence-electron chi connectivity index (χ1n) is 10.2. The minimum absolute atomic E-state index is 0.0358. The molecule has 2 aliphatic heterocycles. The van der Waals surface area contributed by atoms with Gasteiger partial charge in [0.2, 0.25) is 11.8 Å². The second kappa shape index (κ2) is 8.38. The van der Waals surface area contributed by atoms with Gasteiger partial charge in [0.15, 0.2) is 18.1 Å². The van der Waals surface area contributed by atoms with Crippen LogP contribution in [0.4, 0.5) is 0 Å². The largest absolute Gasteiger partial charge is 0.483 e. The van der Waals surface area contributed by atoms with Crippen LogP contribution < -0.4 is 18.9 Å². The fourth-order valence-corrected chi connectivity index (χ4v) is 3.85. The molecule has 1 amide bonds. The zero-order valence-electron chi connectivity index (χ0n) is 17.6. The van der Waals surface area contributed by atoms with Gasteiger partial charge < -0.3 is 23.8 Å². The van der Waals surface area contributed by atoms with Crippen molar-refractivity contribution < 1.29 is 23.7 Å². The number of rotatable bonds is 6. The molecule has 4 rings (SSSR count). The molecular formula is C22H27N3O5. The molecule has 30 heavy (non-hydrogen) atoms. The molecule has 0 saturated carbocycles. The Bertz CT molecular complexity index is 917. The third kappa shape index (κ3) is 4.58. The van der Waals surface area contributed by atoms with Crippen LogP contribution in [0, 0.1) is 0 Å². The number of hydrogen-bond acceptors (Lipinski definition) is 7. The summed E-state index contributed by atoms with van der Waals surface area (Å²) in [6.07, 6.45) is 5.45. The number of aromatic nitrogens is 2. The van der Waals surface area contributed by atoms with E-state index in [1.54, 1.807) is 11.1 Å². The Labute approximate surface area is 176 Å². The topological polar surface area (TPSA) is 83.0 Å². The molecule has 8 heteroatoms. The SMILES string of the molecule is COc1cncc(OC2CCCN(C(=O)COc3cccc4c3OC(C)(C)C4)C2)n1. The van der Waals surface area contributed by atoms with E-state index in [0.29, 0.717) is 30.6 Å². The fourth-order valence-electron chi connectivity index (χ4n) is 3.85. The second-order valence-corrected chi connectivity index (χ2v) is 8.19. The number of benzene rings is 1. The fraction of sp³-hybridized carbons (Fsp3) is 0.500. The number of piperidine rings is 1. The van der Waals surface area contributed by atoms with E-state index in [2.05, 4.69) is 9.97 Å². The average molecular weight is 413 g/mol. The number of likely N-dealkylation sites (tertiary alicyclic amines) is 1. The molecule has 1 unspecified atom stereocenters. The Balaban J connectivity index is 1.34. The highest BCUT2D eigenvalue weighted by Gasteiger charge is 2.33. The lowest BCUT2D eigenvalue weighted by molar-refractivity contribution is -0.136. The molecule has 1 atom stereocenters. The molecule has 2 aliphatic rings. The van der Waals surface area contributed by atoms with Gasteiger partial charge in [-0.05, 0) is 32.8 Å². The first-order valence-corrected chi connectivity index (χ1v) is 10.2. The highest BCUT2D eigenvalue weighted by atomic mass is 16.5. The summed E-state index contributed by atoms with van der Waals surface area (Å²) in [7, 11) is 1.53. The van der Waals surface area contributed by atoms with E-state index < -0.39 is 0 Å². The second-order valence-electron chi connectivity index (χ2n) is 8.19. The zero-order chi connectivity index (χ0) is 21.1. The zero-order valence-corrected chi connectivity index (χ0v) is 17.6. The van der Waals surface area contributed by atoms with Crippen LogP contribution in [0.25, 0.3) is 0 Å². The third-order valence-electron chi connectivity index (χ3n) is 5.22. The monoisotopic (exact) mass is 413 g/mol. The van der Waals surface area contributed by atoms with Gasteiger partial charge in [0.1, 0.15) is 11.7 Å². The van der Waals surface area contributed by atoms with Crippen molar-refractivity contribution in [3.8, 4) is 23.3 Å². The van der Waals surface area contributed by atoms with Gasteiger partial charge in [0.25, 0.3) is 5.91 Å². The van der Waals surface area contributed by atoms with E-state index in [-0.39, 0.29) is 24.2 Å². The summed E-state index contributed by atoms with van der Waals surface area (Å²) in [5, 5.41) is 0. The smallest absolute Gasteiger partial charge is 0.260 e. The summed E-state index contributed by atoms with van der Waals surface area (Å²) >= 11 is 0. The van der Waals surface area contributed by atoms with Crippen LogP contribution in [0.1, 0.15) is 32.3 Å². The molecule has 0 aliphatic carbocycles. The molecule has 0 bridgehead atoms. The van der Waals surface area contributed by atoms with Crippen molar-refractivity contribution in [2.24, 2.45) is 0 Å². The Morgan fingerprint density at radius 1 is 1.30 bits per heavy atom. The molecule has 0 spiro atoms. The number of carbonyl (C=O) groups is 1. The van der Waals surface area contributed by atoms with E-state index in [9.17, 15) is 4.79 Å². The van der Waals surface area contributed by atoms with Crippen molar-refractivity contribution in [1.29, 1.82) is 0 Å². The Kier molecular flexibility index (Phi) is 5.65. The molecular weight excluding hydrogens is 386 g/mol. The first-order chi connectivity index (χ1) is 14.4. The number of ether oxygens (including phenoxy) is 4. The summed E-state index contributed by atoms with van der Waals surface area (Å²) in [6, 6.07) is 5.81. The van der Waals surface area contributed by atoms with Crippen LogP contribution >= 0.6 is 0 Å². The van der Waals surface area contributed by atoms with Crippen molar-refractivity contribution in [3.05, 3.63) is 36.2 Å². The molecule has 1 fully saturated rings. The van der Waals surface area contributed by atoms with Gasteiger partial charge in [-0.1, -0.05) is 12.1 Å². The summed E-state index contributed by atoms with van der Waals surface area (Å²) in [5.74, 6) is 2.07. The molecule has 0 radical (unpaired) electrons. The van der Waals surface area contributed by atoms with Crippen molar-refractivity contribution in [2.45, 2.75) is 44.8 Å². The molecule has 1 aromatic heterocycles. The number of methoxy groups -OCH3 is 1. The van der Waals surface area contributed by atoms with Crippen LogP contribution in [0.3, 0.4) is 0 Å². The van der Waals surface area contributed by atoms with Crippen LogP contribution in [0.15, 0.2) is 30.6 Å². The molecule has 3 heterocycles. The average Bonchev–Trinajstić information content (AvgIpc) is 3.06. The predicted octanol–water partition coefficient (Wildman–Crippen LogP) is 2.65. The summed E-state index contributed by atoms with van der Waals surface area (Å²) in [6.45, 7) is 5.22. The van der Waals surface area contributed by atoms with Crippen LogP contribution in [0.5, 0.6) is 23.3 Å². The van der Waals surface area contributed by atoms with Gasteiger partial charge >= 0.3 is 0 Å². The Morgan fingerprint density at radius 2 is 2.13 bits per heavy atom. The van der Waals surface area contributed by atoms with Crippen LogP contribution in [-0.2, 0) is 11.2 Å². The van der Waals surface area contributed by atoms with Gasteiger partial charge in [-0.3, -0.25) is 9.78 Å². The predicted molar refractivity (Wildman–Crippen MR) is 109 cm³/mol. The maximum Gasteiger partial charge on any atom is 0.260 e. The number of hydrogen-bond donors (Lipinski definition) is 0. The van der Waals surface area contributed by atoms with Gasteiger partial charge in [0.05, 0.1) is 26.0 Å². The normalized spacial score (nSPS) is 19.6. The van der Waals surface area contributed by atoms with E-state index in [4.69, 9.17) is 18.9 Å². The van der Waals surface area contributed by atoms with E-state index in [0.717, 1.165) is 30.6 Å². The standard InChI is InChI=1S/C22H27N3O5/c1-22(2)10-15-6-4-8-17(21(15)30-22)28-14-20(26)25-9-5-7-16(13-25)29-19-12-23-11-18(24-19)27-3/h4,6,8,11-12,16H,5,7,9-10,13-14H2,1-3H3. The molecule has 1 aromatic carbocycles. The highest BCUT2D eigenvalue weighted by molar-refractivity contribution is 5.78. The number of carbonyl (C=O) groups excluding carboxylic acids is 1. The Hall–Kier alpha value is -3.03. The molecule has 160 valence electrons. The van der Waals surface area contributed by atoms with Crippen LogP contribution in [-0.4, -0.2) is 59.3 Å². The van der Waals surface area contributed by atoms with E-state index >= 15 is 0 Å². The Morgan fingerprint density at radius 3 is 2.97 bits per heavy atom. The number of fused-ring (bicyclic) bond motifs is 1. The maximum absolute atomic E-state index is 12.8. The number of para-hydroxylation sites is 1. The van der Waals surface area contributed by atoms with Crippen molar-refractivity contribution in [3.63, 3.8) is 0 Å². The van der Waals surface area contributed by atoms with E-state index in [1.165, 1.54) is 13.3 Å². The quantitative estimate of drug-likeness (QED) is 0.720. The number of nitrogens with zero attached hydrogens (tertiary/aromatic N) is 3. The summed E-state index contributed by atoms with van der Waals surface area (Å²) in [4.78, 5) is 22.8. The lowest BCUT2D eigenvalue weighted by Gasteiger charge is -2.32. The van der Waals surface area contributed by atoms with E-state index in [1.807, 2.05) is 32.0 Å². The lowest BCUT2D eigenvalue weighted by Crippen LogP contribution is -2.46. The van der Waals surface area contributed by atoms with Gasteiger partial charge in [-0.25, -0.2) is 0 Å². The number of amides is 1. The van der Waals surface area contributed by atoms with Gasteiger partial charge in [-0.15, -0.1) is 0 Å². The molecule has 1 saturated heterocycles. The lowest BCUT2D eigenvalue weighted by atomic mass is 10.0. The van der Waals surface area contributed by atoms with Crippen molar-refractivity contribution >= 4 is 5.91 Å². The van der Waals surface area contributed by atoms with Crippen molar-refractivity contribution in [1.82, 2.24) is 14.9 Å². The summed E-state index contributed by atoms with van der Waals surface area (Å²) in [5.41, 5.74) is 0.850. The third-order valence-corrected chi connectivity index (χ3v) is 5.22. The molecule has 0 N–H and O–H groups in total. The molecule has 2 aromatic rings. The first kappa shape index (κ1) is 20.3. The van der Waals surface area contributed by atoms with Crippen molar-refractivity contribution in [2.75, 3.05) is 26.8 Å². The minimum atomic E-state index is -0.258. The maximum atomic E-state index is 12.8. The van der Waals surface area contributed by atoms with Gasteiger partial charge in [0, 0.05) is 18.5 Å². The molecule has 8 nitrogen and oxygen atoms in total. The summed E-state index contributed by atoms with van der Waals surface area (Å²) < 4.78 is 22.9. The highest BCUT2D eigenvalue weighted by Crippen LogP contribution is 2.41. The van der Waals surface area contributed by atoms with Crippen LogP contribution in [0.2, 0.25) is 0 Å².